The van der Waals surface area contributed by atoms with Gasteiger partial charge in [0.25, 0.3) is 17.5 Å². The summed E-state index contributed by atoms with van der Waals surface area (Å²) in [7, 11) is 0. The number of halogens is 1. The summed E-state index contributed by atoms with van der Waals surface area (Å²) >= 11 is 7.86. The largest absolute Gasteiger partial charge is 0.379 e. The molecule has 3 aromatic rings. The summed E-state index contributed by atoms with van der Waals surface area (Å²) in [5.41, 5.74) is 1.58. The SMILES string of the molecule is O=C(c1ccccc1Cl)N(CCN1CCOCC1)CC(=O)N1N=C(c2cccs2)C[C@H]1c1cccc([N+](=O)[O-])c1. The molecule has 208 valence electrons. The van der Waals surface area contributed by atoms with Crippen molar-refractivity contribution in [2.75, 3.05) is 45.9 Å². The van der Waals surface area contributed by atoms with Gasteiger partial charge in [0.1, 0.15) is 6.54 Å². The molecule has 10 nitrogen and oxygen atoms in total. The van der Waals surface area contributed by atoms with Crippen LogP contribution in [0.15, 0.2) is 71.1 Å². The quantitative estimate of drug-likeness (QED) is 0.273. The van der Waals surface area contributed by atoms with Crippen molar-refractivity contribution in [1.29, 1.82) is 0 Å². The molecule has 1 aromatic heterocycles. The molecule has 12 heteroatoms. The minimum Gasteiger partial charge on any atom is -0.379 e. The number of hydrogen-bond donors (Lipinski definition) is 0. The van der Waals surface area contributed by atoms with Crippen molar-refractivity contribution >= 4 is 46.2 Å². The van der Waals surface area contributed by atoms with Crippen molar-refractivity contribution in [2.45, 2.75) is 12.5 Å². The van der Waals surface area contributed by atoms with E-state index in [0.29, 0.717) is 48.9 Å². The summed E-state index contributed by atoms with van der Waals surface area (Å²) in [6.07, 6.45) is 0.402. The van der Waals surface area contributed by atoms with E-state index in [1.165, 1.54) is 33.4 Å². The minimum absolute atomic E-state index is 0.0597. The summed E-state index contributed by atoms with van der Waals surface area (Å²) in [5.74, 6) is -0.730. The van der Waals surface area contributed by atoms with Crippen LogP contribution in [0.2, 0.25) is 5.02 Å². The van der Waals surface area contributed by atoms with Gasteiger partial charge in [0.05, 0.1) is 45.4 Å². The number of amides is 2. The number of nitrogens with zero attached hydrogens (tertiary/aromatic N) is 5. The zero-order chi connectivity index (χ0) is 28.1. The molecule has 1 atom stereocenters. The normalized spacial score (nSPS) is 17.5. The topological polar surface area (TPSA) is 109 Å². The molecule has 2 aliphatic rings. The monoisotopic (exact) mass is 581 g/mol. The van der Waals surface area contributed by atoms with Crippen LogP contribution in [0.1, 0.15) is 33.3 Å². The predicted molar refractivity (Wildman–Crippen MR) is 153 cm³/mol. The Balaban J connectivity index is 1.42. The Morgan fingerprint density at radius 2 is 1.93 bits per heavy atom. The van der Waals surface area contributed by atoms with Gasteiger partial charge < -0.3 is 9.64 Å². The fourth-order valence-corrected chi connectivity index (χ4v) is 5.75. The number of hydrogen-bond acceptors (Lipinski definition) is 8. The van der Waals surface area contributed by atoms with Crippen LogP contribution in [0.3, 0.4) is 0 Å². The third-order valence-corrected chi connectivity index (χ3v) is 8.19. The second-order valence-corrected chi connectivity index (χ2v) is 10.8. The first kappa shape index (κ1) is 27.9. The second-order valence-electron chi connectivity index (χ2n) is 9.49. The molecule has 0 unspecified atom stereocenters. The van der Waals surface area contributed by atoms with Gasteiger partial charge in [-0.1, -0.05) is 41.9 Å². The van der Waals surface area contributed by atoms with E-state index in [4.69, 9.17) is 16.3 Å². The lowest BCUT2D eigenvalue weighted by Gasteiger charge is -2.31. The smallest absolute Gasteiger partial charge is 0.269 e. The molecule has 1 saturated heterocycles. The van der Waals surface area contributed by atoms with Crippen LogP contribution in [0.25, 0.3) is 0 Å². The number of carbonyl (C=O) groups excluding carboxylic acids is 2. The highest BCUT2D eigenvalue weighted by molar-refractivity contribution is 7.12. The first-order valence-electron chi connectivity index (χ1n) is 12.9. The number of morpholine rings is 1. The molecule has 3 heterocycles. The van der Waals surface area contributed by atoms with Crippen LogP contribution in [0.5, 0.6) is 0 Å². The van der Waals surface area contributed by atoms with E-state index in [1.54, 1.807) is 36.4 Å². The van der Waals surface area contributed by atoms with Gasteiger partial charge in [-0.3, -0.25) is 24.6 Å². The number of benzene rings is 2. The van der Waals surface area contributed by atoms with Gasteiger partial charge in [0, 0.05) is 44.7 Å². The van der Waals surface area contributed by atoms with Gasteiger partial charge in [-0.25, -0.2) is 5.01 Å². The van der Waals surface area contributed by atoms with E-state index in [9.17, 15) is 19.7 Å². The van der Waals surface area contributed by atoms with E-state index in [1.807, 2.05) is 17.5 Å². The summed E-state index contributed by atoms with van der Waals surface area (Å²) in [6, 6.07) is 16.3. The average Bonchev–Trinajstić information content (AvgIpc) is 3.66. The Bertz CT molecular complexity index is 1410. The third-order valence-electron chi connectivity index (χ3n) is 6.94. The van der Waals surface area contributed by atoms with Crippen molar-refractivity contribution in [3.8, 4) is 0 Å². The maximum absolute atomic E-state index is 13.9. The Labute approximate surface area is 240 Å². The Kier molecular flexibility index (Phi) is 8.85. The molecule has 5 rings (SSSR count). The van der Waals surface area contributed by atoms with Crippen LogP contribution < -0.4 is 0 Å². The molecule has 0 saturated carbocycles. The van der Waals surface area contributed by atoms with Crippen LogP contribution in [0.4, 0.5) is 5.69 Å². The number of ether oxygens (including phenoxy) is 1. The van der Waals surface area contributed by atoms with Gasteiger partial charge in [0.15, 0.2) is 0 Å². The van der Waals surface area contributed by atoms with Gasteiger partial charge in [-0.15, -0.1) is 11.3 Å². The number of rotatable bonds is 9. The van der Waals surface area contributed by atoms with E-state index in [0.717, 1.165) is 23.7 Å². The van der Waals surface area contributed by atoms with Crippen molar-refractivity contribution in [3.05, 3.63) is 97.2 Å². The zero-order valence-corrected chi connectivity index (χ0v) is 23.2. The van der Waals surface area contributed by atoms with Crippen molar-refractivity contribution in [2.24, 2.45) is 5.10 Å². The van der Waals surface area contributed by atoms with E-state index < -0.39 is 11.0 Å². The Morgan fingerprint density at radius 1 is 1.12 bits per heavy atom. The highest BCUT2D eigenvalue weighted by Gasteiger charge is 2.35. The van der Waals surface area contributed by atoms with E-state index in [-0.39, 0.29) is 24.0 Å². The molecule has 0 N–H and O–H groups in total. The summed E-state index contributed by atoms with van der Waals surface area (Å²) in [5, 5.41) is 19.7. The Morgan fingerprint density at radius 3 is 2.65 bits per heavy atom. The zero-order valence-electron chi connectivity index (χ0n) is 21.6. The molecule has 0 radical (unpaired) electrons. The van der Waals surface area contributed by atoms with Crippen molar-refractivity contribution < 1.29 is 19.2 Å². The standard InChI is InChI=1S/C28H28ClN5O5S/c29-23-8-2-1-7-22(23)28(36)32(11-10-31-12-14-39-15-13-31)19-27(35)33-25(18-24(30-33)26-9-4-16-40-26)20-5-3-6-21(17-20)34(37)38/h1-9,16-17,25H,10-15,18-19H2/t25-/m0/s1. The molecule has 2 aliphatic heterocycles. The summed E-state index contributed by atoms with van der Waals surface area (Å²) < 4.78 is 5.43. The van der Waals surface area contributed by atoms with Gasteiger partial charge >= 0.3 is 0 Å². The first-order chi connectivity index (χ1) is 19.4. The number of thiophene rings is 1. The van der Waals surface area contributed by atoms with E-state index >= 15 is 0 Å². The highest BCUT2D eigenvalue weighted by Crippen LogP contribution is 2.35. The highest BCUT2D eigenvalue weighted by atomic mass is 35.5. The van der Waals surface area contributed by atoms with Gasteiger partial charge in [-0.05, 0) is 29.1 Å². The molecule has 2 aromatic carbocycles. The fourth-order valence-electron chi connectivity index (χ4n) is 4.82. The summed E-state index contributed by atoms with van der Waals surface area (Å²) in [6.45, 7) is 3.40. The van der Waals surface area contributed by atoms with Crippen molar-refractivity contribution in [1.82, 2.24) is 14.8 Å². The molecule has 0 spiro atoms. The van der Waals surface area contributed by atoms with Gasteiger partial charge in [-0.2, -0.15) is 5.10 Å². The maximum Gasteiger partial charge on any atom is 0.269 e. The molecular weight excluding hydrogens is 554 g/mol. The number of carbonyl (C=O) groups is 2. The third kappa shape index (κ3) is 6.39. The number of non-ortho nitro benzene ring substituents is 1. The van der Waals surface area contributed by atoms with Crippen LogP contribution in [-0.2, 0) is 9.53 Å². The first-order valence-corrected chi connectivity index (χ1v) is 14.2. The average molecular weight is 582 g/mol. The van der Waals surface area contributed by atoms with E-state index in [2.05, 4.69) is 10.0 Å². The molecule has 0 bridgehead atoms. The lowest BCUT2D eigenvalue weighted by atomic mass is 10.0. The molecular formula is C28H28ClN5O5S. The fraction of sp³-hybridized carbons (Fsp3) is 0.321. The minimum atomic E-state index is -0.541. The van der Waals surface area contributed by atoms with Gasteiger partial charge in [0.2, 0.25) is 0 Å². The van der Waals surface area contributed by atoms with Crippen LogP contribution in [0, 0.1) is 10.1 Å². The van der Waals surface area contributed by atoms with Crippen LogP contribution in [-0.4, -0.2) is 83.2 Å². The lowest BCUT2D eigenvalue weighted by Crippen LogP contribution is -2.46. The van der Waals surface area contributed by atoms with Crippen LogP contribution >= 0.6 is 22.9 Å². The number of hydrazone groups is 1. The predicted octanol–water partition coefficient (Wildman–Crippen LogP) is 4.46. The number of nitro benzene ring substituents is 1. The Hall–Kier alpha value is -3.64. The van der Waals surface area contributed by atoms with Crippen molar-refractivity contribution in [3.63, 3.8) is 0 Å². The number of nitro groups is 1. The molecule has 1 fully saturated rings. The molecule has 40 heavy (non-hydrogen) atoms. The maximum atomic E-state index is 13.9. The molecule has 2 amide bonds. The molecule has 0 aliphatic carbocycles. The summed E-state index contributed by atoms with van der Waals surface area (Å²) in [4.78, 5) is 43.1. The second kappa shape index (κ2) is 12.7. The lowest BCUT2D eigenvalue weighted by molar-refractivity contribution is -0.385.